The summed E-state index contributed by atoms with van der Waals surface area (Å²) in [6, 6.07) is 16.2. The van der Waals surface area contributed by atoms with Crippen molar-refractivity contribution in [3.63, 3.8) is 0 Å². The molecule has 2 aliphatic heterocycles. The summed E-state index contributed by atoms with van der Waals surface area (Å²) in [5, 5.41) is 5.46. The fourth-order valence-corrected chi connectivity index (χ4v) is 4.89. The maximum Gasteiger partial charge on any atom is 0.290 e. The molecule has 0 aliphatic carbocycles. The molecule has 1 aromatic carbocycles. The third-order valence-corrected chi connectivity index (χ3v) is 6.96. The zero-order chi connectivity index (χ0) is 24.0. The highest BCUT2D eigenvalue weighted by Gasteiger charge is 2.25. The van der Waals surface area contributed by atoms with E-state index in [1.165, 1.54) is 5.56 Å². The molecule has 0 bridgehead atoms. The number of imide groups is 1. The molecule has 0 atom stereocenters. The van der Waals surface area contributed by atoms with Crippen molar-refractivity contribution in [3.05, 3.63) is 77.2 Å². The number of rotatable bonds is 7. The van der Waals surface area contributed by atoms with Gasteiger partial charge in [0.15, 0.2) is 0 Å². The van der Waals surface area contributed by atoms with E-state index in [4.69, 9.17) is 0 Å². The van der Waals surface area contributed by atoms with E-state index in [0.29, 0.717) is 22.5 Å². The Kier molecular flexibility index (Phi) is 7.15. The molecule has 2 amide bonds. The zero-order valence-corrected chi connectivity index (χ0v) is 20.0. The second-order valence-corrected chi connectivity index (χ2v) is 9.61. The largest absolute Gasteiger partial charge is 0.341 e. The first kappa shape index (κ1) is 23.2. The molecule has 8 nitrogen and oxygen atoms in total. The molecule has 0 spiro atoms. The maximum atomic E-state index is 11.8. The third-order valence-electron chi connectivity index (χ3n) is 6.15. The van der Waals surface area contributed by atoms with Crippen molar-refractivity contribution in [1.29, 1.82) is 0 Å². The minimum Gasteiger partial charge on any atom is -0.341 e. The lowest BCUT2D eigenvalue weighted by Crippen LogP contribution is -2.38. The summed E-state index contributed by atoms with van der Waals surface area (Å²) in [6.45, 7) is 3.46. The highest BCUT2D eigenvalue weighted by molar-refractivity contribution is 8.18. The Labute approximate surface area is 208 Å². The van der Waals surface area contributed by atoms with E-state index in [1.807, 2.05) is 24.4 Å². The van der Waals surface area contributed by atoms with Gasteiger partial charge in [0, 0.05) is 37.6 Å². The molecule has 4 heterocycles. The van der Waals surface area contributed by atoms with Crippen LogP contribution in [0.5, 0.6) is 0 Å². The van der Waals surface area contributed by atoms with Crippen LogP contribution in [0.4, 0.5) is 10.7 Å². The van der Waals surface area contributed by atoms with Gasteiger partial charge in [0.2, 0.25) is 5.95 Å². The van der Waals surface area contributed by atoms with E-state index >= 15 is 0 Å². The molecular weight excluding hydrogens is 460 g/mol. The molecule has 2 saturated heterocycles. The fourth-order valence-electron chi connectivity index (χ4n) is 4.22. The Hall–Kier alpha value is -3.56. The SMILES string of the molecule is O=C1NC(=O)C(=Cc2ccnc(N3CCC(CNCc4ccc(-c5ccccc5)cn4)CC3)n2)S1. The van der Waals surface area contributed by atoms with Crippen LogP contribution < -0.4 is 15.5 Å². The summed E-state index contributed by atoms with van der Waals surface area (Å²) in [5.41, 5.74) is 3.97. The van der Waals surface area contributed by atoms with E-state index in [-0.39, 0.29) is 11.1 Å². The van der Waals surface area contributed by atoms with Crippen LogP contribution in [-0.2, 0) is 11.3 Å². The van der Waals surface area contributed by atoms with Gasteiger partial charge in [-0.2, -0.15) is 0 Å². The zero-order valence-electron chi connectivity index (χ0n) is 19.2. The number of amides is 2. The standard InChI is InChI=1S/C26H26N6O2S/c33-24-23(35-26(34)31-24)14-21-8-11-28-25(30-21)32-12-9-18(10-13-32)15-27-17-22-7-6-20(16-29-22)19-4-2-1-3-5-19/h1-8,11,14,16,18,27H,9-10,12-13,15,17H2,(H,31,33,34). The van der Waals surface area contributed by atoms with Crippen LogP contribution in [0.15, 0.2) is 65.8 Å². The molecule has 9 heteroatoms. The number of nitrogens with one attached hydrogen (secondary N) is 2. The molecule has 5 rings (SSSR count). The smallest absolute Gasteiger partial charge is 0.290 e. The van der Waals surface area contributed by atoms with Crippen molar-refractivity contribution < 1.29 is 9.59 Å². The van der Waals surface area contributed by atoms with Crippen LogP contribution in [0.1, 0.15) is 24.2 Å². The molecule has 0 radical (unpaired) electrons. The summed E-state index contributed by atoms with van der Waals surface area (Å²) in [4.78, 5) is 39.3. The molecule has 3 aromatic rings. The number of benzene rings is 1. The van der Waals surface area contributed by atoms with Crippen molar-refractivity contribution in [2.45, 2.75) is 19.4 Å². The van der Waals surface area contributed by atoms with Gasteiger partial charge in [-0.15, -0.1) is 0 Å². The number of hydrogen-bond donors (Lipinski definition) is 2. The first-order chi connectivity index (χ1) is 17.1. The quantitative estimate of drug-likeness (QED) is 0.486. The third kappa shape index (κ3) is 5.93. The number of carbonyl (C=O) groups is 2. The molecule has 178 valence electrons. The molecule has 2 aliphatic rings. The van der Waals surface area contributed by atoms with Crippen LogP contribution in [0.25, 0.3) is 17.2 Å². The average molecular weight is 487 g/mol. The average Bonchev–Trinajstić information content (AvgIpc) is 3.21. The number of nitrogens with zero attached hydrogens (tertiary/aromatic N) is 4. The minimum absolute atomic E-state index is 0.355. The molecule has 2 N–H and O–H groups in total. The predicted octanol–water partition coefficient (Wildman–Crippen LogP) is 3.87. The van der Waals surface area contributed by atoms with Gasteiger partial charge in [0.1, 0.15) is 0 Å². The number of carbonyl (C=O) groups excluding carboxylic acids is 2. The van der Waals surface area contributed by atoms with Gasteiger partial charge in [-0.1, -0.05) is 36.4 Å². The summed E-state index contributed by atoms with van der Waals surface area (Å²) in [7, 11) is 0. The summed E-state index contributed by atoms with van der Waals surface area (Å²) in [6.07, 6.45) is 7.36. The van der Waals surface area contributed by atoms with Gasteiger partial charge in [0.25, 0.3) is 11.1 Å². The van der Waals surface area contributed by atoms with E-state index < -0.39 is 0 Å². The molecular formula is C26H26N6O2S. The summed E-state index contributed by atoms with van der Waals surface area (Å²) in [5.74, 6) is 0.865. The van der Waals surface area contributed by atoms with E-state index in [9.17, 15) is 9.59 Å². The van der Waals surface area contributed by atoms with E-state index in [2.05, 4.69) is 54.8 Å². The van der Waals surface area contributed by atoms with Crippen LogP contribution in [0, 0.1) is 5.92 Å². The molecule has 35 heavy (non-hydrogen) atoms. The van der Waals surface area contributed by atoms with Crippen molar-refractivity contribution in [2.75, 3.05) is 24.5 Å². The maximum absolute atomic E-state index is 11.8. The first-order valence-electron chi connectivity index (χ1n) is 11.7. The van der Waals surface area contributed by atoms with Crippen molar-refractivity contribution in [1.82, 2.24) is 25.6 Å². The summed E-state index contributed by atoms with van der Waals surface area (Å²) < 4.78 is 0. The van der Waals surface area contributed by atoms with Gasteiger partial charge in [-0.3, -0.25) is 19.9 Å². The lowest BCUT2D eigenvalue weighted by Gasteiger charge is -2.32. The lowest BCUT2D eigenvalue weighted by atomic mass is 9.97. The first-order valence-corrected chi connectivity index (χ1v) is 12.5. The Morgan fingerprint density at radius 2 is 1.86 bits per heavy atom. The second kappa shape index (κ2) is 10.8. The Bertz CT molecular complexity index is 1220. The Balaban J connectivity index is 1.09. The van der Waals surface area contributed by atoms with Crippen LogP contribution in [0.2, 0.25) is 0 Å². The summed E-state index contributed by atoms with van der Waals surface area (Å²) >= 11 is 0.892. The van der Waals surface area contributed by atoms with Crippen LogP contribution in [0.3, 0.4) is 0 Å². The highest BCUT2D eigenvalue weighted by Crippen LogP contribution is 2.26. The number of piperidine rings is 1. The predicted molar refractivity (Wildman–Crippen MR) is 137 cm³/mol. The molecule has 0 unspecified atom stereocenters. The van der Waals surface area contributed by atoms with Crippen molar-refractivity contribution in [2.24, 2.45) is 5.92 Å². The highest BCUT2D eigenvalue weighted by atomic mass is 32.2. The van der Waals surface area contributed by atoms with E-state index in [0.717, 1.165) is 62.0 Å². The number of hydrogen-bond acceptors (Lipinski definition) is 8. The number of thioether (sulfide) groups is 1. The van der Waals surface area contributed by atoms with Crippen molar-refractivity contribution >= 4 is 34.9 Å². The van der Waals surface area contributed by atoms with Gasteiger partial charge >= 0.3 is 0 Å². The normalized spacial score (nSPS) is 17.7. The monoisotopic (exact) mass is 486 g/mol. The van der Waals surface area contributed by atoms with Crippen molar-refractivity contribution in [3.8, 4) is 11.1 Å². The molecule has 2 fully saturated rings. The second-order valence-electron chi connectivity index (χ2n) is 8.60. The van der Waals surface area contributed by atoms with Gasteiger partial charge in [0.05, 0.1) is 16.3 Å². The lowest BCUT2D eigenvalue weighted by molar-refractivity contribution is -0.115. The molecule has 0 saturated carbocycles. The fraction of sp³-hybridized carbons (Fsp3) is 0.269. The number of aromatic nitrogens is 3. The van der Waals surface area contributed by atoms with Crippen LogP contribution in [-0.4, -0.2) is 45.7 Å². The minimum atomic E-state index is -0.379. The van der Waals surface area contributed by atoms with Gasteiger partial charge in [-0.05, 0) is 60.8 Å². The van der Waals surface area contributed by atoms with E-state index in [1.54, 1.807) is 18.3 Å². The topological polar surface area (TPSA) is 100 Å². The Morgan fingerprint density at radius 3 is 2.57 bits per heavy atom. The van der Waals surface area contributed by atoms with Gasteiger partial charge < -0.3 is 10.2 Å². The number of anilines is 1. The number of pyridine rings is 1. The molecule has 2 aromatic heterocycles. The van der Waals surface area contributed by atoms with Gasteiger partial charge in [-0.25, -0.2) is 9.97 Å². The van der Waals surface area contributed by atoms with Crippen LogP contribution >= 0.6 is 11.8 Å². The Morgan fingerprint density at radius 1 is 1.03 bits per heavy atom.